The number of aromatic hydroxyl groups is 1. The number of piperazine rings is 1. The second-order valence-corrected chi connectivity index (χ2v) is 15.3. The van der Waals surface area contributed by atoms with Gasteiger partial charge in [-0.15, -0.1) is 11.8 Å². The van der Waals surface area contributed by atoms with E-state index < -0.39 is 53.3 Å². The molecule has 16 heteroatoms. The minimum atomic E-state index is -1.12. The Morgan fingerprint density at radius 3 is 2.66 bits per heavy atom. The fraction of sp³-hybridized carbons (Fsp3) is 0.432. The summed E-state index contributed by atoms with van der Waals surface area (Å²) in [6.45, 7) is 4.66. The molecule has 2 saturated heterocycles. The fourth-order valence-corrected chi connectivity index (χ4v) is 10.6. The summed E-state index contributed by atoms with van der Waals surface area (Å²) in [5, 5.41) is 25.1. The van der Waals surface area contributed by atoms with Crippen molar-refractivity contribution in [2.24, 2.45) is 0 Å². The molecule has 1 unspecified atom stereocenters. The zero-order valence-corrected chi connectivity index (χ0v) is 31.0. The summed E-state index contributed by atoms with van der Waals surface area (Å²) in [5.74, 6) is -0.333. The topological polar surface area (TPSA) is 173 Å². The summed E-state index contributed by atoms with van der Waals surface area (Å²) in [6, 6.07) is 3.65. The Labute approximate surface area is 314 Å². The molecule has 4 bridgehead atoms. The molecule has 0 aliphatic carbocycles. The van der Waals surface area contributed by atoms with Crippen molar-refractivity contribution in [3.8, 4) is 34.8 Å². The number of likely N-dealkylation sites (N-methyl/N-ethyl adjacent to an activating group) is 1. The first-order valence-electron chi connectivity index (χ1n) is 17.1. The number of phenols is 1. The Bertz CT molecular complexity index is 2130. The first-order valence-corrected chi connectivity index (χ1v) is 18.5. The van der Waals surface area contributed by atoms with E-state index in [0.717, 1.165) is 11.1 Å². The van der Waals surface area contributed by atoms with Crippen LogP contribution in [0.1, 0.15) is 68.0 Å². The summed E-state index contributed by atoms with van der Waals surface area (Å²) >= 11 is 7.58. The van der Waals surface area contributed by atoms with Crippen LogP contribution in [0.3, 0.4) is 0 Å². The number of aryl methyl sites for hydroxylation is 1. The summed E-state index contributed by atoms with van der Waals surface area (Å²) in [6.07, 6.45) is 1.92. The fourth-order valence-electron chi connectivity index (χ4n) is 8.86. The van der Waals surface area contributed by atoms with Gasteiger partial charge in [-0.05, 0) is 50.6 Å². The van der Waals surface area contributed by atoms with Crippen LogP contribution in [0.25, 0.3) is 0 Å². The van der Waals surface area contributed by atoms with Gasteiger partial charge in [0.1, 0.15) is 29.6 Å². The van der Waals surface area contributed by atoms with Gasteiger partial charge in [-0.25, -0.2) is 9.78 Å². The van der Waals surface area contributed by atoms with Crippen molar-refractivity contribution < 1.29 is 43.2 Å². The number of rotatable bonds is 4. The number of carbonyl (C=O) groups is 3. The number of nitrogens with zero attached hydrogens (tertiary/aromatic N) is 4. The quantitative estimate of drug-likeness (QED) is 0.221. The maximum Gasteiger partial charge on any atom is 0.329 e. The van der Waals surface area contributed by atoms with E-state index in [1.165, 1.54) is 38.1 Å². The van der Waals surface area contributed by atoms with Crippen molar-refractivity contribution in [2.75, 3.05) is 33.3 Å². The van der Waals surface area contributed by atoms with Gasteiger partial charge in [0.05, 0.1) is 36.1 Å². The van der Waals surface area contributed by atoms with Gasteiger partial charge in [-0.3, -0.25) is 19.4 Å². The molecule has 2 N–H and O–H groups in total. The number of methoxy groups -OCH3 is 1. The van der Waals surface area contributed by atoms with Crippen LogP contribution in [0, 0.1) is 25.2 Å². The van der Waals surface area contributed by atoms with Crippen LogP contribution < -0.4 is 24.3 Å². The number of benzene rings is 2. The van der Waals surface area contributed by atoms with Gasteiger partial charge in [-0.2, -0.15) is 5.26 Å². The Hall–Kier alpha value is -4.75. The van der Waals surface area contributed by atoms with Crippen molar-refractivity contribution in [1.82, 2.24) is 20.1 Å². The highest BCUT2D eigenvalue weighted by atomic mass is 35.5. The summed E-state index contributed by atoms with van der Waals surface area (Å²) < 4.78 is 29.9. The van der Waals surface area contributed by atoms with Gasteiger partial charge >= 0.3 is 11.9 Å². The number of aromatic nitrogens is 1. The molecule has 276 valence electrons. The molecule has 1 amide bonds. The van der Waals surface area contributed by atoms with Gasteiger partial charge in [0.15, 0.2) is 23.0 Å². The number of ether oxygens (including phenoxy) is 5. The van der Waals surface area contributed by atoms with E-state index in [9.17, 15) is 24.8 Å². The second-order valence-electron chi connectivity index (χ2n) is 13.7. The molecule has 14 nitrogen and oxygen atoms in total. The van der Waals surface area contributed by atoms with E-state index in [0.29, 0.717) is 45.9 Å². The van der Waals surface area contributed by atoms with Crippen LogP contribution in [0.15, 0.2) is 24.4 Å². The molecule has 6 aliphatic rings. The smallest absolute Gasteiger partial charge is 0.329 e. The number of nitrogens with one attached hydrogen (secondary N) is 1. The zero-order valence-electron chi connectivity index (χ0n) is 29.5. The van der Waals surface area contributed by atoms with Gasteiger partial charge in [0, 0.05) is 53.2 Å². The SMILES string of the molecule is COc1c(C)cc2c(c1O)[C@@H]1[C@@H]3[C@@H]4SCC(NC(=O)c5cccnc5Cl)C(=O)OC[C@@H](c5c6c(c(C)c(OC(C)=O)c54)OCO6)N3[C@@H](C#N)[C@H](C2)N1C. The van der Waals surface area contributed by atoms with Crippen LogP contribution in [0.4, 0.5) is 0 Å². The van der Waals surface area contributed by atoms with E-state index >= 15 is 0 Å². The zero-order chi connectivity index (χ0) is 37.5. The number of hydrogen-bond acceptors (Lipinski definition) is 14. The first kappa shape index (κ1) is 35.3. The van der Waals surface area contributed by atoms with Crippen LogP contribution >= 0.6 is 23.4 Å². The van der Waals surface area contributed by atoms with E-state index in [2.05, 4.69) is 26.2 Å². The molecule has 2 fully saturated rings. The molecule has 0 radical (unpaired) electrons. The summed E-state index contributed by atoms with van der Waals surface area (Å²) in [5.41, 5.74) is 4.21. The maximum absolute atomic E-state index is 13.9. The minimum Gasteiger partial charge on any atom is -0.504 e. The Kier molecular flexibility index (Phi) is 8.84. The predicted molar refractivity (Wildman–Crippen MR) is 190 cm³/mol. The van der Waals surface area contributed by atoms with Gasteiger partial charge in [0.2, 0.25) is 6.79 Å². The van der Waals surface area contributed by atoms with Gasteiger partial charge in [-0.1, -0.05) is 17.7 Å². The highest BCUT2D eigenvalue weighted by molar-refractivity contribution is 7.99. The van der Waals surface area contributed by atoms with Gasteiger partial charge in [0.25, 0.3) is 5.91 Å². The van der Waals surface area contributed by atoms with Crippen molar-refractivity contribution in [3.05, 3.63) is 68.5 Å². The second kappa shape index (κ2) is 13.3. The van der Waals surface area contributed by atoms with Crippen molar-refractivity contribution in [1.29, 1.82) is 5.26 Å². The third-order valence-electron chi connectivity index (χ3n) is 11.0. The van der Waals surface area contributed by atoms with E-state index in [4.69, 9.17) is 35.3 Å². The first-order chi connectivity index (χ1) is 25.5. The number of nitriles is 1. The van der Waals surface area contributed by atoms with Crippen molar-refractivity contribution in [2.45, 2.75) is 68.7 Å². The lowest BCUT2D eigenvalue weighted by atomic mass is 9.71. The molecule has 3 aromatic rings. The monoisotopic (exact) mass is 761 g/mol. The molecular formula is C37H36ClN5O9S. The number of hydrogen-bond donors (Lipinski definition) is 2. The molecule has 6 aliphatic heterocycles. The van der Waals surface area contributed by atoms with Crippen LogP contribution in [0.2, 0.25) is 5.15 Å². The van der Waals surface area contributed by atoms with Crippen LogP contribution in [-0.2, 0) is 20.7 Å². The normalized spacial score (nSPS) is 27.0. The van der Waals surface area contributed by atoms with Crippen LogP contribution in [-0.4, -0.2) is 95.2 Å². The Morgan fingerprint density at radius 1 is 1.17 bits per heavy atom. The number of halogens is 1. The van der Waals surface area contributed by atoms with E-state index in [1.807, 2.05) is 20.0 Å². The van der Waals surface area contributed by atoms with E-state index in [1.54, 1.807) is 13.0 Å². The number of fused-ring (bicyclic) bond motifs is 10. The summed E-state index contributed by atoms with van der Waals surface area (Å²) in [7, 11) is 3.46. The number of phenolic OH excluding ortho intramolecular Hbond substituents is 1. The minimum absolute atomic E-state index is 0.0124. The standard InChI is InChI=1S/C37H36ClN5O9S/c1-15-9-18-10-21-22(11-39)43-23-12-49-37(47)20(41-36(46)19-7-6-8-40-35(19)38)13-53-34(28(43)27(42(21)4)24(18)29(45)30(15)48-5)26-25(23)33-32(50-14-51-33)16(2)31(26)52-17(3)44/h6-9,20-23,27-28,34,45H,10,12-14H2,1-5H3,(H,41,46)/t20?,21-,22-,23-,27+,28+,34+/m0/s1. The molecule has 2 aromatic carbocycles. The molecule has 7 heterocycles. The molecular weight excluding hydrogens is 726 g/mol. The van der Waals surface area contributed by atoms with Gasteiger partial charge < -0.3 is 34.1 Å². The Morgan fingerprint density at radius 2 is 1.94 bits per heavy atom. The number of esters is 2. The molecule has 53 heavy (non-hydrogen) atoms. The largest absolute Gasteiger partial charge is 0.504 e. The molecule has 7 atom stereocenters. The average molecular weight is 762 g/mol. The molecule has 1 aromatic heterocycles. The lowest BCUT2D eigenvalue weighted by molar-refractivity contribution is -0.151. The predicted octanol–water partition coefficient (Wildman–Crippen LogP) is 4.08. The van der Waals surface area contributed by atoms with Crippen molar-refractivity contribution in [3.63, 3.8) is 0 Å². The highest BCUT2D eigenvalue weighted by Crippen LogP contribution is 2.64. The Balaban J connectivity index is 1.36. The van der Waals surface area contributed by atoms with E-state index in [-0.39, 0.29) is 47.4 Å². The third-order valence-corrected chi connectivity index (χ3v) is 12.7. The lowest BCUT2D eigenvalue weighted by Crippen LogP contribution is -2.69. The third kappa shape index (κ3) is 5.37. The maximum atomic E-state index is 13.9. The number of thioether (sulfide) groups is 1. The van der Waals surface area contributed by atoms with Crippen molar-refractivity contribution >= 4 is 41.2 Å². The molecule has 0 saturated carbocycles. The number of amides is 1. The summed E-state index contributed by atoms with van der Waals surface area (Å²) in [4.78, 5) is 48.3. The highest BCUT2D eigenvalue weighted by Gasteiger charge is 2.60. The van der Waals surface area contributed by atoms with Crippen LogP contribution in [0.5, 0.6) is 28.7 Å². The number of carbonyl (C=O) groups excluding carboxylic acids is 3. The molecule has 0 spiro atoms. The molecule has 9 rings (SSSR count). The average Bonchev–Trinajstić information content (AvgIpc) is 3.61. The number of pyridine rings is 1. The lowest BCUT2D eigenvalue weighted by Gasteiger charge is -2.61.